The summed E-state index contributed by atoms with van der Waals surface area (Å²) in [5.74, 6) is 0.0298. The fourth-order valence-electron chi connectivity index (χ4n) is 4.27. The number of aryl methyl sites for hydroxylation is 2. The van der Waals surface area contributed by atoms with Gasteiger partial charge in [-0.1, -0.05) is 11.6 Å². The third kappa shape index (κ3) is 4.79. The lowest BCUT2D eigenvalue weighted by Gasteiger charge is -2.36. The molecule has 0 unspecified atom stereocenters. The van der Waals surface area contributed by atoms with Gasteiger partial charge in [0.2, 0.25) is 5.91 Å². The van der Waals surface area contributed by atoms with E-state index in [1.54, 1.807) is 11.0 Å². The van der Waals surface area contributed by atoms with Gasteiger partial charge in [-0.25, -0.2) is 0 Å². The maximum Gasteiger partial charge on any atom is 0.255 e. The Morgan fingerprint density at radius 1 is 0.903 bits per heavy atom. The molecule has 2 fully saturated rings. The van der Waals surface area contributed by atoms with Gasteiger partial charge in [-0.15, -0.1) is 0 Å². The molecule has 1 aromatic carbocycles. The van der Waals surface area contributed by atoms with E-state index in [0.29, 0.717) is 56.5 Å². The van der Waals surface area contributed by atoms with Gasteiger partial charge < -0.3 is 19.1 Å². The molecule has 0 N–H and O–H groups in total. The maximum atomic E-state index is 13.2. The average molecular weight is 445 g/mol. The number of hydrogen-bond acceptors (Lipinski definition) is 4. The standard InChI is InChI=1S/C23H29ClN4O3/c1-17-3-4-18(2)28(17)19-5-6-21(24)20(15-19)23(30)27-9-7-26(8-10-27)22(29)16-25-11-13-31-14-12-25/h3-6,15H,7-14,16H2,1-2H3. The highest BCUT2D eigenvalue weighted by Gasteiger charge is 2.27. The first kappa shape index (κ1) is 21.9. The second-order valence-electron chi connectivity index (χ2n) is 8.18. The van der Waals surface area contributed by atoms with Crippen molar-refractivity contribution in [2.75, 3.05) is 59.0 Å². The van der Waals surface area contributed by atoms with E-state index in [-0.39, 0.29) is 11.8 Å². The summed E-state index contributed by atoms with van der Waals surface area (Å²) in [7, 11) is 0. The van der Waals surface area contributed by atoms with Crippen LogP contribution in [0.25, 0.3) is 5.69 Å². The second kappa shape index (κ2) is 9.42. The van der Waals surface area contributed by atoms with Crippen molar-refractivity contribution in [1.29, 1.82) is 0 Å². The van der Waals surface area contributed by atoms with E-state index in [4.69, 9.17) is 16.3 Å². The highest BCUT2D eigenvalue weighted by molar-refractivity contribution is 6.33. The van der Waals surface area contributed by atoms with Crippen molar-refractivity contribution in [3.05, 3.63) is 52.3 Å². The van der Waals surface area contributed by atoms with Gasteiger partial charge >= 0.3 is 0 Å². The molecule has 166 valence electrons. The Morgan fingerprint density at radius 3 is 2.16 bits per heavy atom. The number of aromatic nitrogens is 1. The van der Waals surface area contributed by atoms with Crippen molar-refractivity contribution >= 4 is 23.4 Å². The van der Waals surface area contributed by atoms with Gasteiger partial charge in [-0.2, -0.15) is 0 Å². The second-order valence-corrected chi connectivity index (χ2v) is 8.58. The molecule has 7 nitrogen and oxygen atoms in total. The minimum absolute atomic E-state index is 0.0883. The van der Waals surface area contributed by atoms with Crippen molar-refractivity contribution in [2.24, 2.45) is 0 Å². The summed E-state index contributed by atoms with van der Waals surface area (Å²) < 4.78 is 7.45. The van der Waals surface area contributed by atoms with Crippen LogP contribution in [-0.2, 0) is 9.53 Å². The van der Waals surface area contributed by atoms with E-state index in [1.807, 2.05) is 30.9 Å². The molecule has 3 heterocycles. The molecule has 1 aromatic heterocycles. The van der Waals surface area contributed by atoms with Gasteiger partial charge in [0.05, 0.1) is 30.3 Å². The zero-order valence-electron chi connectivity index (χ0n) is 18.1. The Morgan fingerprint density at radius 2 is 1.52 bits per heavy atom. The van der Waals surface area contributed by atoms with Crippen LogP contribution in [0.15, 0.2) is 30.3 Å². The van der Waals surface area contributed by atoms with Crippen molar-refractivity contribution in [3.8, 4) is 5.69 Å². The summed E-state index contributed by atoms with van der Waals surface area (Å²) in [6.45, 7) is 9.54. The molecule has 2 aliphatic heterocycles. The molecule has 2 aliphatic rings. The van der Waals surface area contributed by atoms with E-state index in [9.17, 15) is 9.59 Å². The Labute approximate surface area is 188 Å². The van der Waals surface area contributed by atoms with Gasteiger partial charge in [0.1, 0.15) is 0 Å². The van der Waals surface area contributed by atoms with E-state index in [2.05, 4.69) is 21.6 Å². The number of ether oxygens (including phenoxy) is 1. The smallest absolute Gasteiger partial charge is 0.255 e. The van der Waals surface area contributed by atoms with Gasteiger partial charge in [0.25, 0.3) is 5.91 Å². The van der Waals surface area contributed by atoms with Gasteiger partial charge in [0, 0.05) is 56.3 Å². The van der Waals surface area contributed by atoms with Crippen LogP contribution in [0, 0.1) is 13.8 Å². The first-order valence-corrected chi connectivity index (χ1v) is 11.1. The van der Waals surface area contributed by atoms with Crippen molar-refractivity contribution in [1.82, 2.24) is 19.3 Å². The van der Waals surface area contributed by atoms with Crippen LogP contribution in [-0.4, -0.2) is 90.1 Å². The highest BCUT2D eigenvalue weighted by atomic mass is 35.5. The van der Waals surface area contributed by atoms with E-state index < -0.39 is 0 Å². The molecule has 31 heavy (non-hydrogen) atoms. The van der Waals surface area contributed by atoms with Crippen LogP contribution in [0.5, 0.6) is 0 Å². The van der Waals surface area contributed by atoms with E-state index in [0.717, 1.165) is 30.2 Å². The monoisotopic (exact) mass is 444 g/mol. The summed E-state index contributed by atoms with van der Waals surface area (Å²) in [4.78, 5) is 31.6. The van der Waals surface area contributed by atoms with Gasteiger partial charge in [0.15, 0.2) is 0 Å². The molecule has 0 atom stereocenters. The fourth-order valence-corrected chi connectivity index (χ4v) is 4.47. The first-order chi connectivity index (χ1) is 14.9. The fraction of sp³-hybridized carbons (Fsp3) is 0.478. The van der Waals surface area contributed by atoms with E-state index >= 15 is 0 Å². The summed E-state index contributed by atoms with van der Waals surface area (Å²) in [6, 6.07) is 9.68. The van der Waals surface area contributed by atoms with E-state index in [1.165, 1.54) is 0 Å². The lowest BCUT2D eigenvalue weighted by Crippen LogP contribution is -2.53. The quantitative estimate of drug-likeness (QED) is 0.726. The minimum atomic E-state index is -0.0883. The molecule has 0 radical (unpaired) electrons. The Balaban J connectivity index is 1.40. The van der Waals surface area contributed by atoms with Crippen LogP contribution < -0.4 is 0 Å². The molecular formula is C23H29ClN4O3. The summed E-state index contributed by atoms with van der Waals surface area (Å²) in [5, 5.41) is 0.446. The molecular weight excluding hydrogens is 416 g/mol. The highest BCUT2D eigenvalue weighted by Crippen LogP contribution is 2.24. The summed E-state index contributed by atoms with van der Waals surface area (Å²) in [6.07, 6.45) is 0. The molecule has 0 bridgehead atoms. The van der Waals surface area contributed by atoms with Crippen molar-refractivity contribution in [2.45, 2.75) is 13.8 Å². The summed E-state index contributed by atoms with van der Waals surface area (Å²) in [5.41, 5.74) is 3.63. The number of carbonyl (C=O) groups is 2. The predicted molar refractivity (Wildman–Crippen MR) is 120 cm³/mol. The van der Waals surface area contributed by atoms with Crippen LogP contribution in [0.3, 0.4) is 0 Å². The lowest BCUT2D eigenvalue weighted by molar-refractivity contribution is -0.134. The zero-order chi connectivity index (χ0) is 22.0. The Kier molecular flexibility index (Phi) is 6.65. The molecule has 8 heteroatoms. The van der Waals surface area contributed by atoms with Crippen LogP contribution in [0.2, 0.25) is 5.02 Å². The van der Waals surface area contributed by atoms with Gasteiger partial charge in [-0.05, 0) is 44.2 Å². The minimum Gasteiger partial charge on any atom is -0.379 e. The van der Waals surface area contributed by atoms with Crippen LogP contribution in [0.4, 0.5) is 0 Å². The number of morpholine rings is 1. The van der Waals surface area contributed by atoms with Crippen molar-refractivity contribution in [3.63, 3.8) is 0 Å². The maximum absolute atomic E-state index is 13.2. The molecule has 2 aromatic rings. The molecule has 0 saturated carbocycles. The number of halogens is 1. The average Bonchev–Trinajstić information content (AvgIpc) is 3.12. The molecule has 2 saturated heterocycles. The Bertz CT molecular complexity index is 940. The third-order valence-corrected chi connectivity index (χ3v) is 6.42. The van der Waals surface area contributed by atoms with Crippen LogP contribution >= 0.6 is 11.6 Å². The molecule has 4 rings (SSSR count). The zero-order valence-corrected chi connectivity index (χ0v) is 18.9. The predicted octanol–water partition coefficient (Wildman–Crippen LogP) is 2.36. The number of rotatable bonds is 4. The number of nitrogens with zero attached hydrogens (tertiary/aromatic N) is 4. The normalized spacial score (nSPS) is 17.8. The number of piperazine rings is 1. The number of hydrogen-bond donors (Lipinski definition) is 0. The molecule has 2 amide bonds. The van der Waals surface area contributed by atoms with Crippen molar-refractivity contribution < 1.29 is 14.3 Å². The largest absolute Gasteiger partial charge is 0.379 e. The van der Waals surface area contributed by atoms with Gasteiger partial charge in [-0.3, -0.25) is 14.5 Å². The number of benzene rings is 1. The third-order valence-electron chi connectivity index (χ3n) is 6.09. The molecule has 0 spiro atoms. The number of amides is 2. The first-order valence-electron chi connectivity index (χ1n) is 10.8. The lowest BCUT2D eigenvalue weighted by atomic mass is 10.1. The topological polar surface area (TPSA) is 58.0 Å². The van der Waals surface area contributed by atoms with Crippen LogP contribution in [0.1, 0.15) is 21.7 Å². The summed E-state index contributed by atoms with van der Waals surface area (Å²) >= 11 is 6.40. The number of carbonyl (C=O) groups excluding carboxylic acids is 2. The molecule has 0 aliphatic carbocycles. The SMILES string of the molecule is Cc1ccc(C)n1-c1ccc(Cl)c(C(=O)N2CCN(C(=O)CN3CCOCC3)CC2)c1. The Hall–Kier alpha value is -2.35.